The van der Waals surface area contributed by atoms with Crippen molar-refractivity contribution in [3.05, 3.63) is 30.3 Å². The lowest BCUT2D eigenvalue weighted by Gasteiger charge is -2.41. The van der Waals surface area contributed by atoms with E-state index in [-0.39, 0.29) is 6.54 Å². The normalized spacial score (nSPS) is 19.0. The molecule has 6 nitrogen and oxygen atoms in total. The van der Waals surface area contributed by atoms with Gasteiger partial charge in [0.05, 0.1) is 6.54 Å². The Labute approximate surface area is 130 Å². The highest BCUT2D eigenvalue weighted by Gasteiger charge is 2.34. The van der Waals surface area contributed by atoms with Gasteiger partial charge < -0.3 is 20.3 Å². The minimum absolute atomic E-state index is 0.235. The molecule has 1 aromatic carbocycles. The number of carbonyl (C=O) groups is 2. The molecule has 6 heteroatoms. The summed E-state index contributed by atoms with van der Waals surface area (Å²) in [6.45, 7) is 6.72. The van der Waals surface area contributed by atoms with E-state index in [1.165, 1.54) is 0 Å². The van der Waals surface area contributed by atoms with E-state index in [0.717, 1.165) is 5.69 Å². The maximum absolute atomic E-state index is 12.2. The molecule has 1 aromatic rings. The molecule has 0 bridgehead atoms. The molecule has 1 fully saturated rings. The SMILES string of the molecule is CC(C)(C)OC(=O)N1CCN(c2ccccc2)[C@H](C(N)=O)C1. The zero-order valence-corrected chi connectivity index (χ0v) is 13.3. The molecule has 2 N–H and O–H groups in total. The van der Waals surface area contributed by atoms with Crippen molar-refractivity contribution in [2.45, 2.75) is 32.4 Å². The van der Waals surface area contributed by atoms with E-state index >= 15 is 0 Å². The van der Waals surface area contributed by atoms with Crippen molar-refractivity contribution in [1.29, 1.82) is 0 Å². The van der Waals surface area contributed by atoms with Crippen LogP contribution in [0.1, 0.15) is 20.8 Å². The second-order valence-electron chi connectivity index (χ2n) is 6.37. The van der Waals surface area contributed by atoms with Gasteiger partial charge in [-0.15, -0.1) is 0 Å². The molecule has 2 amide bonds. The Kier molecular flexibility index (Phi) is 4.59. The highest BCUT2D eigenvalue weighted by molar-refractivity contribution is 5.85. The van der Waals surface area contributed by atoms with Gasteiger partial charge in [-0.05, 0) is 32.9 Å². The van der Waals surface area contributed by atoms with Crippen LogP contribution in [0.3, 0.4) is 0 Å². The summed E-state index contributed by atoms with van der Waals surface area (Å²) in [6, 6.07) is 9.04. The van der Waals surface area contributed by atoms with Gasteiger partial charge in [-0.25, -0.2) is 4.79 Å². The first-order valence-electron chi connectivity index (χ1n) is 7.37. The van der Waals surface area contributed by atoms with Gasteiger partial charge in [-0.2, -0.15) is 0 Å². The molecule has 120 valence electrons. The Morgan fingerprint density at radius 1 is 1.18 bits per heavy atom. The number of primary amides is 1. The van der Waals surface area contributed by atoms with E-state index in [4.69, 9.17) is 10.5 Å². The Morgan fingerprint density at radius 3 is 2.36 bits per heavy atom. The highest BCUT2D eigenvalue weighted by atomic mass is 16.6. The summed E-state index contributed by atoms with van der Waals surface area (Å²) >= 11 is 0. The first kappa shape index (κ1) is 16.1. The van der Waals surface area contributed by atoms with Crippen LogP contribution in [0.5, 0.6) is 0 Å². The van der Waals surface area contributed by atoms with Gasteiger partial charge in [0.1, 0.15) is 11.6 Å². The fraction of sp³-hybridized carbons (Fsp3) is 0.500. The summed E-state index contributed by atoms with van der Waals surface area (Å²) in [5, 5.41) is 0. The number of nitrogens with two attached hydrogens (primary N) is 1. The Hall–Kier alpha value is -2.24. The molecule has 1 aliphatic rings. The van der Waals surface area contributed by atoms with Gasteiger partial charge in [0, 0.05) is 18.8 Å². The number of para-hydroxylation sites is 1. The Balaban J connectivity index is 2.12. The summed E-state index contributed by atoms with van der Waals surface area (Å²) < 4.78 is 5.36. The van der Waals surface area contributed by atoms with Crippen molar-refractivity contribution in [3.63, 3.8) is 0 Å². The Morgan fingerprint density at radius 2 is 1.82 bits per heavy atom. The van der Waals surface area contributed by atoms with Crippen LogP contribution < -0.4 is 10.6 Å². The third kappa shape index (κ3) is 3.90. The van der Waals surface area contributed by atoms with E-state index in [1.807, 2.05) is 56.0 Å². The summed E-state index contributed by atoms with van der Waals surface area (Å²) in [6.07, 6.45) is -0.411. The second-order valence-corrected chi connectivity index (χ2v) is 6.37. The van der Waals surface area contributed by atoms with Gasteiger partial charge >= 0.3 is 6.09 Å². The first-order valence-corrected chi connectivity index (χ1v) is 7.37. The van der Waals surface area contributed by atoms with Crippen LogP contribution in [0.25, 0.3) is 0 Å². The number of benzene rings is 1. The van der Waals surface area contributed by atoms with Crippen molar-refractivity contribution in [1.82, 2.24) is 4.90 Å². The summed E-state index contributed by atoms with van der Waals surface area (Å²) in [4.78, 5) is 27.4. The summed E-state index contributed by atoms with van der Waals surface area (Å²) in [5.41, 5.74) is 5.89. The zero-order chi connectivity index (χ0) is 16.3. The largest absolute Gasteiger partial charge is 0.444 e. The van der Waals surface area contributed by atoms with Crippen LogP contribution in [0.2, 0.25) is 0 Å². The number of carbonyl (C=O) groups excluding carboxylic acids is 2. The van der Waals surface area contributed by atoms with Crippen LogP contribution in [-0.4, -0.2) is 48.2 Å². The lowest BCUT2D eigenvalue weighted by Crippen LogP contribution is -2.60. The molecule has 1 aliphatic heterocycles. The average Bonchev–Trinajstić information content (AvgIpc) is 2.45. The zero-order valence-electron chi connectivity index (χ0n) is 13.3. The van der Waals surface area contributed by atoms with Crippen LogP contribution in [0.15, 0.2) is 30.3 Å². The van der Waals surface area contributed by atoms with Crippen LogP contribution >= 0.6 is 0 Å². The molecule has 0 spiro atoms. The smallest absolute Gasteiger partial charge is 0.410 e. The van der Waals surface area contributed by atoms with Gasteiger partial charge in [0.15, 0.2) is 0 Å². The first-order chi connectivity index (χ1) is 10.3. The van der Waals surface area contributed by atoms with Crippen molar-refractivity contribution in [2.75, 3.05) is 24.5 Å². The quantitative estimate of drug-likeness (QED) is 0.900. The molecule has 0 unspecified atom stereocenters. The molecule has 22 heavy (non-hydrogen) atoms. The predicted molar refractivity (Wildman–Crippen MR) is 84.6 cm³/mol. The second kappa shape index (κ2) is 6.25. The van der Waals surface area contributed by atoms with Crippen molar-refractivity contribution < 1.29 is 14.3 Å². The van der Waals surface area contributed by atoms with Gasteiger partial charge in [0.2, 0.25) is 5.91 Å². The third-order valence-corrected chi connectivity index (χ3v) is 3.45. The lowest BCUT2D eigenvalue weighted by molar-refractivity contribution is -0.120. The molecule has 2 rings (SSSR count). The number of hydrogen-bond donors (Lipinski definition) is 1. The maximum atomic E-state index is 12.2. The molecule has 1 heterocycles. The number of rotatable bonds is 2. The molecule has 0 saturated carbocycles. The number of hydrogen-bond acceptors (Lipinski definition) is 4. The molecule has 1 saturated heterocycles. The predicted octanol–water partition coefficient (Wildman–Crippen LogP) is 1.60. The molecule has 0 radical (unpaired) electrons. The van der Waals surface area contributed by atoms with Crippen LogP contribution in [-0.2, 0) is 9.53 Å². The van der Waals surface area contributed by atoms with E-state index in [0.29, 0.717) is 13.1 Å². The number of nitrogens with zero attached hydrogens (tertiary/aromatic N) is 2. The number of amides is 2. The monoisotopic (exact) mass is 305 g/mol. The van der Waals surface area contributed by atoms with Crippen molar-refractivity contribution >= 4 is 17.7 Å². The van der Waals surface area contributed by atoms with Gasteiger partial charge in [-0.1, -0.05) is 18.2 Å². The van der Waals surface area contributed by atoms with Crippen molar-refractivity contribution in [2.24, 2.45) is 5.73 Å². The van der Waals surface area contributed by atoms with E-state index in [9.17, 15) is 9.59 Å². The van der Waals surface area contributed by atoms with E-state index in [1.54, 1.807) is 4.90 Å². The molecule has 1 atom stereocenters. The fourth-order valence-corrected chi connectivity index (χ4v) is 2.45. The van der Waals surface area contributed by atoms with Crippen LogP contribution in [0, 0.1) is 0 Å². The topological polar surface area (TPSA) is 75.9 Å². The fourth-order valence-electron chi connectivity index (χ4n) is 2.45. The van der Waals surface area contributed by atoms with Gasteiger partial charge in [-0.3, -0.25) is 4.79 Å². The van der Waals surface area contributed by atoms with E-state index in [2.05, 4.69) is 0 Å². The third-order valence-electron chi connectivity index (χ3n) is 3.45. The Bertz CT molecular complexity index is 539. The number of ether oxygens (including phenoxy) is 1. The summed E-state index contributed by atoms with van der Waals surface area (Å²) in [7, 11) is 0. The summed E-state index contributed by atoms with van der Waals surface area (Å²) in [5.74, 6) is -0.447. The standard InChI is InChI=1S/C16H23N3O3/c1-16(2,3)22-15(21)18-9-10-19(13(11-18)14(17)20)12-7-5-4-6-8-12/h4-8,13H,9-11H2,1-3H3,(H2,17,20)/t13-/m0/s1. The maximum Gasteiger partial charge on any atom is 0.410 e. The molecular formula is C16H23N3O3. The minimum Gasteiger partial charge on any atom is -0.444 e. The molecule has 0 aliphatic carbocycles. The average molecular weight is 305 g/mol. The van der Waals surface area contributed by atoms with Crippen LogP contribution in [0.4, 0.5) is 10.5 Å². The number of piperazine rings is 1. The highest BCUT2D eigenvalue weighted by Crippen LogP contribution is 2.21. The van der Waals surface area contributed by atoms with Gasteiger partial charge in [0.25, 0.3) is 0 Å². The van der Waals surface area contributed by atoms with E-state index < -0.39 is 23.6 Å². The molecule has 0 aromatic heterocycles. The lowest BCUT2D eigenvalue weighted by atomic mass is 10.1. The van der Waals surface area contributed by atoms with Crippen molar-refractivity contribution in [3.8, 4) is 0 Å². The minimum atomic E-state index is -0.560. The molecular weight excluding hydrogens is 282 g/mol. The number of anilines is 1.